The van der Waals surface area contributed by atoms with Gasteiger partial charge in [0, 0.05) is 54.3 Å². The lowest BCUT2D eigenvalue weighted by atomic mass is 9.97. The lowest BCUT2D eigenvalue weighted by molar-refractivity contribution is -0.120. The number of anilines is 2. The third-order valence-corrected chi connectivity index (χ3v) is 4.60. The first-order chi connectivity index (χ1) is 12.3. The number of aromatic nitrogens is 3. The maximum Gasteiger partial charge on any atom is 0.229 e. The summed E-state index contributed by atoms with van der Waals surface area (Å²) >= 11 is 0. The number of carbonyl (C=O) groups excluding carboxylic acids is 1. The molecule has 1 N–H and O–H groups in total. The number of carbonyl (C=O) groups is 1. The zero-order chi connectivity index (χ0) is 17.1. The van der Waals surface area contributed by atoms with E-state index in [0.717, 1.165) is 41.7 Å². The molecule has 1 saturated heterocycles. The molecule has 0 unspecified atom stereocenters. The third-order valence-electron chi connectivity index (χ3n) is 4.60. The highest BCUT2D eigenvalue weighted by Gasteiger charge is 2.26. The third kappa shape index (κ3) is 3.28. The Morgan fingerprint density at radius 3 is 2.92 bits per heavy atom. The van der Waals surface area contributed by atoms with Gasteiger partial charge in [-0.1, -0.05) is 12.1 Å². The van der Waals surface area contributed by atoms with Crippen molar-refractivity contribution in [1.82, 2.24) is 15.0 Å². The average Bonchev–Trinajstić information content (AvgIpc) is 2.69. The molecule has 0 aliphatic carbocycles. The summed E-state index contributed by atoms with van der Waals surface area (Å²) in [7, 11) is 0. The Morgan fingerprint density at radius 1 is 1.12 bits per heavy atom. The van der Waals surface area contributed by atoms with Gasteiger partial charge >= 0.3 is 0 Å². The minimum absolute atomic E-state index is 0.0536. The molecule has 0 saturated carbocycles. The van der Waals surface area contributed by atoms with Gasteiger partial charge in [0.2, 0.25) is 5.91 Å². The average molecular weight is 333 g/mol. The van der Waals surface area contributed by atoms with Crippen molar-refractivity contribution in [3.8, 4) is 0 Å². The van der Waals surface area contributed by atoms with Gasteiger partial charge in [-0.2, -0.15) is 0 Å². The van der Waals surface area contributed by atoms with Crippen LogP contribution in [-0.2, 0) is 4.79 Å². The maximum atomic E-state index is 12.8. The smallest absolute Gasteiger partial charge is 0.229 e. The Labute approximate surface area is 145 Å². The van der Waals surface area contributed by atoms with Crippen LogP contribution in [0.2, 0.25) is 0 Å². The topological polar surface area (TPSA) is 71.0 Å². The SMILES string of the molecule is O=C(Nc1cccc2cnccc12)[C@H]1CCCN(c2cnccn2)C1. The zero-order valence-electron chi connectivity index (χ0n) is 13.8. The van der Waals surface area contributed by atoms with Crippen molar-refractivity contribution in [1.29, 1.82) is 0 Å². The Morgan fingerprint density at radius 2 is 2.04 bits per heavy atom. The Balaban J connectivity index is 1.51. The number of nitrogens with zero attached hydrogens (tertiary/aromatic N) is 4. The monoisotopic (exact) mass is 333 g/mol. The maximum absolute atomic E-state index is 12.8. The van der Waals surface area contributed by atoms with E-state index in [9.17, 15) is 4.79 Å². The van der Waals surface area contributed by atoms with Gasteiger partial charge in [-0.05, 0) is 25.0 Å². The number of hydrogen-bond acceptors (Lipinski definition) is 5. The highest BCUT2D eigenvalue weighted by Crippen LogP contribution is 2.25. The van der Waals surface area contributed by atoms with Crippen molar-refractivity contribution in [3.63, 3.8) is 0 Å². The van der Waals surface area contributed by atoms with E-state index in [2.05, 4.69) is 25.2 Å². The number of fused-ring (bicyclic) bond motifs is 1. The highest BCUT2D eigenvalue weighted by molar-refractivity contribution is 6.02. The van der Waals surface area contributed by atoms with E-state index in [4.69, 9.17) is 0 Å². The van der Waals surface area contributed by atoms with Gasteiger partial charge in [0.15, 0.2) is 0 Å². The van der Waals surface area contributed by atoms with E-state index >= 15 is 0 Å². The van der Waals surface area contributed by atoms with Crippen molar-refractivity contribution in [2.75, 3.05) is 23.3 Å². The summed E-state index contributed by atoms with van der Waals surface area (Å²) in [4.78, 5) is 27.5. The van der Waals surface area contributed by atoms with E-state index in [1.54, 1.807) is 31.0 Å². The lowest BCUT2D eigenvalue weighted by Gasteiger charge is -2.32. The predicted octanol–water partition coefficient (Wildman–Crippen LogP) is 2.88. The number of hydrogen-bond donors (Lipinski definition) is 1. The molecule has 1 aliphatic heterocycles. The van der Waals surface area contributed by atoms with Gasteiger partial charge in [-0.15, -0.1) is 0 Å². The number of benzene rings is 1. The van der Waals surface area contributed by atoms with Crippen molar-refractivity contribution >= 4 is 28.2 Å². The molecular formula is C19H19N5O. The van der Waals surface area contributed by atoms with Crippen molar-refractivity contribution in [3.05, 3.63) is 55.2 Å². The van der Waals surface area contributed by atoms with E-state index in [0.29, 0.717) is 6.54 Å². The van der Waals surface area contributed by atoms with Crippen LogP contribution in [0.15, 0.2) is 55.2 Å². The van der Waals surface area contributed by atoms with Gasteiger partial charge in [0.25, 0.3) is 0 Å². The van der Waals surface area contributed by atoms with E-state index in [1.807, 2.05) is 24.3 Å². The van der Waals surface area contributed by atoms with Gasteiger partial charge in [-0.25, -0.2) is 4.98 Å². The van der Waals surface area contributed by atoms with Crippen LogP contribution in [0.4, 0.5) is 11.5 Å². The van der Waals surface area contributed by atoms with Crippen LogP contribution in [0.1, 0.15) is 12.8 Å². The normalized spacial score (nSPS) is 17.4. The predicted molar refractivity (Wildman–Crippen MR) is 97.3 cm³/mol. The van der Waals surface area contributed by atoms with E-state index in [-0.39, 0.29) is 11.8 Å². The number of rotatable bonds is 3. The van der Waals surface area contributed by atoms with E-state index in [1.165, 1.54) is 0 Å². The van der Waals surface area contributed by atoms with Gasteiger partial charge in [0.05, 0.1) is 12.1 Å². The molecule has 126 valence electrons. The fourth-order valence-electron chi connectivity index (χ4n) is 3.32. The molecule has 1 aliphatic rings. The minimum atomic E-state index is -0.0622. The first-order valence-electron chi connectivity index (χ1n) is 8.46. The summed E-state index contributed by atoms with van der Waals surface area (Å²) in [5.74, 6) is 0.821. The molecule has 1 fully saturated rings. The summed E-state index contributed by atoms with van der Waals surface area (Å²) in [5, 5.41) is 5.12. The molecule has 3 aromatic rings. The van der Waals surface area contributed by atoms with E-state index < -0.39 is 0 Å². The minimum Gasteiger partial charge on any atom is -0.355 e. The molecule has 1 aromatic carbocycles. The Hall–Kier alpha value is -3.02. The summed E-state index contributed by atoms with van der Waals surface area (Å²) in [6, 6.07) is 7.79. The summed E-state index contributed by atoms with van der Waals surface area (Å²) in [6.45, 7) is 1.57. The molecule has 0 spiro atoms. The fourth-order valence-corrected chi connectivity index (χ4v) is 3.32. The summed E-state index contributed by atoms with van der Waals surface area (Å²) in [5.41, 5.74) is 0.835. The molecule has 0 bridgehead atoms. The fraction of sp³-hybridized carbons (Fsp3) is 0.263. The lowest BCUT2D eigenvalue weighted by Crippen LogP contribution is -2.41. The molecule has 6 heteroatoms. The standard InChI is InChI=1S/C19H19N5O/c25-19(23-17-5-1-3-14-11-20-7-6-16(14)17)15-4-2-10-24(13-15)18-12-21-8-9-22-18/h1,3,5-9,11-12,15H,2,4,10,13H2,(H,23,25)/t15-/m0/s1. The van der Waals surface area contributed by atoms with Crippen LogP contribution in [0.5, 0.6) is 0 Å². The van der Waals surface area contributed by atoms with Crippen LogP contribution in [0.25, 0.3) is 10.8 Å². The van der Waals surface area contributed by atoms with Crippen LogP contribution >= 0.6 is 0 Å². The first kappa shape index (κ1) is 15.5. The molecule has 1 amide bonds. The quantitative estimate of drug-likeness (QED) is 0.798. The summed E-state index contributed by atoms with van der Waals surface area (Å²) in [6.07, 6.45) is 10.5. The highest BCUT2D eigenvalue weighted by atomic mass is 16.1. The second kappa shape index (κ2) is 6.84. The molecule has 1 atom stereocenters. The molecule has 25 heavy (non-hydrogen) atoms. The number of pyridine rings is 1. The van der Waals surface area contributed by atoms with Crippen molar-refractivity contribution in [2.24, 2.45) is 5.92 Å². The van der Waals surface area contributed by atoms with Gasteiger partial charge in [-0.3, -0.25) is 14.8 Å². The molecule has 3 heterocycles. The molecule has 4 rings (SSSR count). The van der Waals surface area contributed by atoms with Crippen LogP contribution in [0.3, 0.4) is 0 Å². The summed E-state index contributed by atoms with van der Waals surface area (Å²) < 4.78 is 0. The van der Waals surface area contributed by atoms with Crippen LogP contribution in [0, 0.1) is 5.92 Å². The van der Waals surface area contributed by atoms with Crippen molar-refractivity contribution < 1.29 is 4.79 Å². The molecular weight excluding hydrogens is 314 g/mol. The van der Waals surface area contributed by atoms with Crippen LogP contribution in [-0.4, -0.2) is 33.9 Å². The zero-order valence-corrected chi connectivity index (χ0v) is 13.8. The Kier molecular flexibility index (Phi) is 4.24. The van der Waals surface area contributed by atoms with Crippen molar-refractivity contribution in [2.45, 2.75) is 12.8 Å². The molecule has 2 aromatic heterocycles. The van der Waals surface area contributed by atoms with Gasteiger partial charge in [0.1, 0.15) is 5.82 Å². The second-order valence-corrected chi connectivity index (χ2v) is 6.24. The number of nitrogens with one attached hydrogen (secondary N) is 1. The first-order valence-corrected chi connectivity index (χ1v) is 8.46. The molecule has 0 radical (unpaired) electrons. The molecule has 6 nitrogen and oxygen atoms in total. The number of amides is 1. The van der Waals surface area contributed by atoms with Crippen LogP contribution < -0.4 is 10.2 Å². The number of piperidine rings is 1. The Bertz CT molecular complexity index is 878. The largest absolute Gasteiger partial charge is 0.355 e. The second-order valence-electron chi connectivity index (χ2n) is 6.24. The van der Waals surface area contributed by atoms with Gasteiger partial charge < -0.3 is 10.2 Å².